The zero-order valence-electron chi connectivity index (χ0n) is 7.29. The van der Waals surface area contributed by atoms with E-state index in [4.69, 9.17) is 4.74 Å². The number of hydrogen-bond donors (Lipinski definition) is 0. The van der Waals surface area contributed by atoms with Crippen LogP contribution in [0.2, 0.25) is 0 Å². The fourth-order valence-corrected chi connectivity index (χ4v) is 1.39. The van der Waals surface area contributed by atoms with E-state index >= 15 is 0 Å². The molecule has 0 bridgehead atoms. The molecule has 0 aromatic heterocycles. The summed E-state index contributed by atoms with van der Waals surface area (Å²) >= 11 is 0. The van der Waals surface area contributed by atoms with Gasteiger partial charge in [-0.15, -0.1) is 0 Å². The molecule has 1 unspecified atom stereocenters. The standard InChI is InChI=1S/C11H11O/c1-8-7-12-11-6-4-3-5-10(11)9(8)2/h3-6,9H,1-2H3. The normalized spacial score (nSPS) is 20.8. The summed E-state index contributed by atoms with van der Waals surface area (Å²) < 4.78 is 5.32. The Morgan fingerprint density at radius 3 is 2.92 bits per heavy atom. The zero-order chi connectivity index (χ0) is 8.55. The Hall–Kier alpha value is -1.24. The highest BCUT2D eigenvalue weighted by atomic mass is 16.5. The number of hydrogen-bond acceptors (Lipinski definition) is 1. The minimum atomic E-state index is 0.440. The van der Waals surface area contributed by atoms with Crippen molar-refractivity contribution in [1.82, 2.24) is 0 Å². The van der Waals surface area contributed by atoms with Crippen molar-refractivity contribution in [2.75, 3.05) is 0 Å². The van der Waals surface area contributed by atoms with E-state index in [0.29, 0.717) is 5.92 Å². The first-order valence-electron chi connectivity index (χ1n) is 4.14. The number of benzene rings is 1. The number of ether oxygens (including phenoxy) is 1. The van der Waals surface area contributed by atoms with Crippen LogP contribution in [-0.4, -0.2) is 0 Å². The van der Waals surface area contributed by atoms with Crippen LogP contribution in [0.25, 0.3) is 0 Å². The fraction of sp³-hybridized carbons (Fsp3) is 0.273. The van der Waals surface area contributed by atoms with E-state index in [1.165, 1.54) is 5.56 Å². The topological polar surface area (TPSA) is 9.23 Å². The molecule has 1 aliphatic rings. The van der Waals surface area contributed by atoms with E-state index in [1.807, 2.05) is 25.1 Å². The van der Waals surface area contributed by atoms with Crippen molar-refractivity contribution >= 4 is 0 Å². The lowest BCUT2D eigenvalue weighted by atomic mass is 9.93. The van der Waals surface area contributed by atoms with Crippen LogP contribution in [0, 0.1) is 6.26 Å². The molecular weight excluding hydrogens is 148 g/mol. The van der Waals surface area contributed by atoms with E-state index in [2.05, 4.69) is 19.3 Å². The molecule has 1 aromatic rings. The first-order valence-corrected chi connectivity index (χ1v) is 4.14. The SMILES string of the molecule is CC1=[C]Oc2ccccc2C1C. The van der Waals surface area contributed by atoms with E-state index in [9.17, 15) is 0 Å². The molecular formula is C11H11O. The van der Waals surface area contributed by atoms with Gasteiger partial charge in [-0.1, -0.05) is 25.1 Å². The van der Waals surface area contributed by atoms with Gasteiger partial charge in [0, 0.05) is 11.5 Å². The Labute approximate surface area is 72.7 Å². The number of fused-ring (bicyclic) bond motifs is 1. The van der Waals surface area contributed by atoms with Crippen LogP contribution >= 0.6 is 0 Å². The Balaban J connectivity index is 2.49. The Kier molecular flexibility index (Phi) is 1.65. The highest BCUT2D eigenvalue weighted by molar-refractivity contribution is 5.41. The molecule has 1 aliphatic heterocycles. The fourth-order valence-electron chi connectivity index (χ4n) is 1.39. The Bertz CT molecular complexity index is 326. The van der Waals surface area contributed by atoms with Gasteiger partial charge in [-0.05, 0) is 18.6 Å². The minimum Gasteiger partial charge on any atom is -0.453 e. The zero-order valence-corrected chi connectivity index (χ0v) is 7.29. The molecule has 2 rings (SSSR count). The maximum absolute atomic E-state index is 5.32. The van der Waals surface area contributed by atoms with Gasteiger partial charge in [-0.3, -0.25) is 0 Å². The van der Waals surface area contributed by atoms with Gasteiger partial charge in [0.1, 0.15) is 5.75 Å². The average Bonchev–Trinajstić information content (AvgIpc) is 2.12. The van der Waals surface area contributed by atoms with Gasteiger partial charge in [-0.25, -0.2) is 0 Å². The van der Waals surface area contributed by atoms with Crippen LogP contribution in [0.3, 0.4) is 0 Å². The maximum atomic E-state index is 5.32. The molecule has 0 aliphatic carbocycles. The molecule has 0 saturated heterocycles. The monoisotopic (exact) mass is 159 g/mol. The van der Waals surface area contributed by atoms with Crippen molar-refractivity contribution in [3.05, 3.63) is 41.7 Å². The Morgan fingerprint density at radius 1 is 1.33 bits per heavy atom. The second kappa shape index (κ2) is 2.67. The summed E-state index contributed by atoms with van der Waals surface area (Å²) in [5, 5.41) is 0. The van der Waals surface area contributed by atoms with E-state index in [-0.39, 0.29) is 0 Å². The van der Waals surface area contributed by atoms with Crippen LogP contribution in [0.4, 0.5) is 0 Å². The van der Waals surface area contributed by atoms with Gasteiger partial charge in [0.05, 0.1) is 0 Å². The van der Waals surface area contributed by atoms with Crippen LogP contribution < -0.4 is 4.74 Å². The Morgan fingerprint density at radius 2 is 2.08 bits per heavy atom. The summed E-state index contributed by atoms with van der Waals surface area (Å²) in [6.45, 7) is 4.21. The smallest absolute Gasteiger partial charge is 0.169 e. The first kappa shape index (κ1) is 7.41. The molecule has 61 valence electrons. The van der Waals surface area contributed by atoms with Crippen molar-refractivity contribution in [2.24, 2.45) is 0 Å². The van der Waals surface area contributed by atoms with Crippen molar-refractivity contribution < 1.29 is 4.74 Å². The average molecular weight is 159 g/mol. The number of allylic oxidation sites excluding steroid dienone is 1. The lowest BCUT2D eigenvalue weighted by Gasteiger charge is -2.20. The summed E-state index contributed by atoms with van der Waals surface area (Å²) in [5.41, 5.74) is 2.42. The maximum Gasteiger partial charge on any atom is 0.169 e. The van der Waals surface area contributed by atoms with Gasteiger partial charge >= 0.3 is 0 Å². The van der Waals surface area contributed by atoms with Gasteiger partial charge in [0.2, 0.25) is 0 Å². The lowest BCUT2D eigenvalue weighted by molar-refractivity contribution is 0.419. The predicted octanol–water partition coefficient (Wildman–Crippen LogP) is 2.89. The van der Waals surface area contributed by atoms with Crippen LogP contribution in [0.5, 0.6) is 5.75 Å². The van der Waals surface area contributed by atoms with Gasteiger partial charge in [-0.2, -0.15) is 0 Å². The minimum absolute atomic E-state index is 0.440. The molecule has 0 saturated carbocycles. The molecule has 12 heavy (non-hydrogen) atoms. The molecule has 0 N–H and O–H groups in total. The number of rotatable bonds is 0. The van der Waals surface area contributed by atoms with Crippen molar-refractivity contribution in [3.8, 4) is 5.75 Å². The van der Waals surface area contributed by atoms with Crippen LogP contribution in [-0.2, 0) is 0 Å². The largest absolute Gasteiger partial charge is 0.453 e. The third-order valence-corrected chi connectivity index (χ3v) is 2.36. The van der Waals surface area contributed by atoms with Crippen LogP contribution in [0.15, 0.2) is 29.8 Å². The molecule has 0 fully saturated rings. The van der Waals surface area contributed by atoms with E-state index in [1.54, 1.807) is 0 Å². The quantitative estimate of drug-likeness (QED) is 0.565. The predicted molar refractivity (Wildman–Crippen MR) is 47.9 cm³/mol. The molecule has 1 atom stereocenters. The summed E-state index contributed by atoms with van der Waals surface area (Å²) in [4.78, 5) is 0. The van der Waals surface area contributed by atoms with Gasteiger partial charge in [0.25, 0.3) is 0 Å². The van der Waals surface area contributed by atoms with E-state index < -0.39 is 0 Å². The highest BCUT2D eigenvalue weighted by Crippen LogP contribution is 2.34. The summed E-state index contributed by atoms with van der Waals surface area (Å²) in [6.07, 6.45) is 2.90. The molecule has 1 heteroatoms. The number of para-hydroxylation sites is 1. The van der Waals surface area contributed by atoms with E-state index in [0.717, 1.165) is 11.3 Å². The molecule has 1 aromatic carbocycles. The van der Waals surface area contributed by atoms with Gasteiger partial charge < -0.3 is 4.74 Å². The summed E-state index contributed by atoms with van der Waals surface area (Å²) in [7, 11) is 0. The molecule has 1 radical (unpaired) electrons. The summed E-state index contributed by atoms with van der Waals surface area (Å²) in [6, 6.07) is 8.10. The molecule has 0 spiro atoms. The highest BCUT2D eigenvalue weighted by Gasteiger charge is 2.17. The lowest BCUT2D eigenvalue weighted by Crippen LogP contribution is -2.05. The third kappa shape index (κ3) is 1.02. The molecule has 1 nitrogen and oxygen atoms in total. The second-order valence-electron chi connectivity index (χ2n) is 3.15. The van der Waals surface area contributed by atoms with Gasteiger partial charge in [0.15, 0.2) is 6.26 Å². The van der Waals surface area contributed by atoms with Crippen molar-refractivity contribution in [2.45, 2.75) is 19.8 Å². The summed E-state index contributed by atoms with van der Waals surface area (Å²) in [5.74, 6) is 1.38. The van der Waals surface area contributed by atoms with Crippen molar-refractivity contribution in [1.29, 1.82) is 0 Å². The molecule has 0 amide bonds. The third-order valence-electron chi connectivity index (χ3n) is 2.36. The molecule has 1 heterocycles. The van der Waals surface area contributed by atoms with Crippen LogP contribution in [0.1, 0.15) is 25.3 Å². The first-order chi connectivity index (χ1) is 5.79. The van der Waals surface area contributed by atoms with Crippen molar-refractivity contribution in [3.63, 3.8) is 0 Å². The second-order valence-corrected chi connectivity index (χ2v) is 3.15.